The first-order valence-corrected chi connectivity index (χ1v) is 10.1. The lowest BCUT2D eigenvalue weighted by atomic mass is 10.00. The van der Waals surface area contributed by atoms with E-state index in [1.165, 1.54) is 0 Å². The van der Waals surface area contributed by atoms with E-state index in [1.807, 2.05) is 42.6 Å². The molecule has 6 heteroatoms. The Kier molecular flexibility index (Phi) is 5.19. The van der Waals surface area contributed by atoms with Crippen molar-refractivity contribution in [1.29, 1.82) is 0 Å². The van der Waals surface area contributed by atoms with Crippen molar-refractivity contribution in [2.24, 2.45) is 0 Å². The summed E-state index contributed by atoms with van der Waals surface area (Å²) < 4.78 is 2.06. The molecule has 0 atom stereocenters. The Morgan fingerprint density at radius 2 is 1.93 bits per heavy atom. The summed E-state index contributed by atoms with van der Waals surface area (Å²) in [4.78, 5) is 17.5. The Labute approximate surface area is 175 Å². The molecule has 1 heterocycles. The van der Waals surface area contributed by atoms with Crippen molar-refractivity contribution in [3.05, 3.63) is 71.3 Å². The predicted molar refractivity (Wildman–Crippen MR) is 115 cm³/mol. The SMILES string of the molecule is CC(C)(CO)NC(=O)c1cc(-c2ccc(Cl)cc2)cc(-n2ccnc2C2CC2)c1. The molecule has 1 aliphatic carbocycles. The van der Waals surface area contributed by atoms with Crippen LogP contribution in [-0.4, -0.2) is 32.7 Å². The number of aromatic nitrogens is 2. The number of nitrogens with one attached hydrogen (secondary N) is 1. The molecule has 1 saturated carbocycles. The average molecular weight is 410 g/mol. The van der Waals surface area contributed by atoms with E-state index in [-0.39, 0.29) is 12.5 Å². The van der Waals surface area contributed by atoms with E-state index < -0.39 is 5.54 Å². The molecule has 150 valence electrons. The number of aliphatic hydroxyl groups is 1. The number of amides is 1. The summed E-state index contributed by atoms with van der Waals surface area (Å²) in [6.07, 6.45) is 6.03. The van der Waals surface area contributed by atoms with Crippen molar-refractivity contribution in [3.8, 4) is 16.8 Å². The highest BCUT2D eigenvalue weighted by atomic mass is 35.5. The van der Waals surface area contributed by atoms with Gasteiger partial charge in [-0.3, -0.25) is 4.79 Å². The van der Waals surface area contributed by atoms with E-state index in [4.69, 9.17) is 11.6 Å². The number of aliphatic hydroxyl groups excluding tert-OH is 1. The first-order valence-electron chi connectivity index (χ1n) is 9.74. The molecule has 0 radical (unpaired) electrons. The van der Waals surface area contributed by atoms with Gasteiger partial charge in [-0.25, -0.2) is 4.98 Å². The van der Waals surface area contributed by atoms with Gasteiger partial charge in [-0.1, -0.05) is 23.7 Å². The maximum absolute atomic E-state index is 12.9. The fourth-order valence-electron chi connectivity index (χ4n) is 3.29. The zero-order chi connectivity index (χ0) is 20.6. The number of hydrogen-bond acceptors (Lipinski definition) is 3. The summed E-state index contributed by atoms with van der Waals surface area (Å²) in [7, 11) is 0. The van der Waals surface area contributed by atoms with E-state index in [9.17, 15) is 9.90 Å². The van der Waals surface area contributed by atoms with Crippen LogP contribution in [0.1, 0.15) is 48.8 Å². The topological polar surface area (TPSA) is 67.2 Å². The van der Waals surface area contributed by atoms with Crippen LogP contribution < -0.4 is 5.32 Å². The van der Waals surface area contributed by atoms with Crippen LogP contribution in [0.4, 0.5) is 0 Å². The van der Waals surface area contributed by atoms with Gasteiger partial charge in [0.1, 0.15) is 5.82 Å². The highest BCUT2D eigenvalue weighted by molar-refractivity contribution is 6.30. The third-order valence-corrected chi connectivity index (χ3v) is 5.35. The van der Waals surface area contributed by atoms with Crippen molar-refractivity contribution in [2.45, 2.75) is 38.1 Å². The van der Waals surface area contributed by atoms with E-state index in [0.29, 0.717) is 16.5 Å². The van der Waals surface area contributed by atoms with Crippen LogP contribution in [-0.2, 0) is 0 Å². The highest BCUT2D eigenvalue weighted by Gasteiger charge is 2.28. The average Bonchev–Trinajstić information content (AvgIpc) is 3.44. The van der Waals surface area contributed by atoms with Crippen molar-refractivity contribution in [3.63, 3.8) is 0 Å². The molecule has 4 rings (SSSR count). The highest BCUT2D eigenvalue weighted by Crippen LogP contribution is 2.40. The monoisotopic (exact) mass is 409 g/mol. The molecule has 1 aliphatic rings. The summed E-state index contributed by atoms with van der Waals surface area (Å²) in [5, 5.41) is 13.1. The minimum absolute atomic E-state index is 0.143. The molecule has 0 spiro atoms. The Morgan fingerprint density at radius 3 is 2.59 bits per heavy atom. The van der Waals surface area contributed by atoms with Crippen LogP contribution in [0.5, 0.6) is 0 Å². The molecule has 1 fully saturated rings. The minimum atomic E-state index is -0.707. The maximum Gasteiger partial charge on any atom is 0.251 e. The molecule has 3 aromatic rings. The van der Waals surface area contributed by atoms with Crippen molar-refractivity contribution in [1.82, 2.24) is 14.9 Å². The summed E-state index contributed by atoms with van der Waals surface area (Å²) in [6.45, 7) is 3.43. The van der Waals surface area contributed by atoms with Gasteiger partial charge in [-0.2, -0.15) is 0 Å². The van der Waals surface area contributed by atoms with Crippen molar-refractivity contribution in [2.75, 3.05) is 6.61 Å². The van der Waals surface area contributed by atoms with Gasteiger partial charge in [-0.15, -0.1) is 0 Å². The van der Waals surface area contributed by atoms with Crippen LogP contribution in [0, 0.1) is 0 Å². The number of benzene rings is 2. The van der Waals surface area contributed by atoms with Gasteiger partial charge in [0, 0.05) is 34.6 Å². The largest absolute Gasteiger partial charge is 0.394 e. The Hall–Kier alpha value is -2.63. The summed E-state index contributed by atoms with van der Waals surface area (Å²) >= 11 is 6.04. The number of rotatable bonds is 6. The molecule has 2 N–H and O–H groups in total. The number of imidazole rings is 1. The molecule has 0 aliphatic heterocycles. The fraction of sp³-hybridized carbons (Fsp3) is 0.304. The normalized spacial score (nSPS) is 14.1. The van der Waals surface area contributed by atoms with Crippen molar-refractivity contribution < 1.29 is 9.90 Å². The third kappa shape index (κ3) is 4.36. The Morgan fingerprint density at radius 1 is 1.21 bits per heavy atom. The number of hydrogen-bond donors (Lipinski definition) is 2. The van der Waals surface area contributed by atoms with Gasteiger partial charge in [-0.05, 0) is 68.1 Å². The molecule has 29 heavy (non-hydrogen) atoms. The number of carbonyl (C=O) groups excluding carboxylic acids is 1. The summed E-state index contributed by atoms with van der Waals surface area (Å²) in [5.41, 5.74) is 2.61. The maximum atomic E-state index is 12.9. The van der Waals surface area contributed by atoms with Gasteiger partial charge in [0.05, 0.1) is 12.1 Å². The lowest BCUT2D eigenvalue weighted by Gasteiger charge is -2.24. The second-order valence-corrected chi connectivity index (χ2v) is 8.64. The van der Waals surface area contributed by atoms with Crippen LogP contribution in [0.2, 0.25) is 5.02 Å². The first kappa shape index (κ1) is 19.7. The Balaban J connectivity index is 1.80. The quantitative estimate of drug-likeness (QED) is 0.626. The number of carbonyl (C=O) groups is 1. The number of halogens is 1. The molecule has 0 saturated heterocycles. The standard InChI is InChI=1S/C23H24ClN3O2/c1-23(2,14-28)26-22(29)18-11-17(15-5-7-19(24)8-6-15)12-20(13-18)27-10-9-25-21(27)16-3-4-16/h5-13,16,28H,3-4,14H2,1-2H3,(H,26,29). The summed E-state index contributed by atoms with van der Waals surface area (Å²) in [6, 6.07) is 13.4. The van der Waals surface area contributed by atoms with Gasteiger partial charge >= 0.3 is 0 Å². The second-order valence-electron chi connectivity index (χ2n) is 8.20. The second kappa shape index (κ2) is 7.65. The predicted octanol–water partition coefficient (Wildman–Crippen LogP) is 4.57. The first-order chi connectivity index (χ1) is 13.9. The van der Waals surface area contributed by atoms with Gasteiger partial charge < -0.3 is 15.0 Å². The molecule has 1 aromatic heterocycles. The van der Waals surface area contributed by atoms with Gasteiger partial charge in [0.2, 0.25) is 0 Å². The number of nitrogens with zero attached hydrogens (tertiary/aromatic N) is 2. The Bertz CT molecular complexity index is 1040. The molecule has 0 unspecified atom stereocenters. The smallest absolute Gasteiger partial charge is 0.251 e. The van der Waals surface area contributed by atoms with Crippen LogP contribution in [0.25, 0.3) is 16.8 Å². The summed E-state index contributed by atoms with van der Waals surface area (Å²) in [5.74, 6) is 1.28. The fourth-order valence-corrected chi connectivity index (χ4v) is 3.41. The van der Waals surface area contributed by atoms with E-state index >= 15 is 0 Å². The van der Waals surface area contributed by atoms with Crippen LogP contribution in [0.3, 0.4) is 0 Å². The van der Waals surface area contributed by atoms with Crippen molar-refractivity contribution >= 4 is 17.5 Å². The van der Waals surface area contributed by atoms with Crippen LogP contribution in [0.15, 0.2) is 54.9 Å². The van der Waals surface area contributed by atoms with Crippen LogP contribution >= 0.6 is 11.6 Å². The molecule has 2 aromatic carbocycles. The zero-order valence-electron chi connectivity index (χ0n) is 16.5. The van der Waals surface area contributed by atoms with Gasteiger partial charge in [0.25, 0.3) is 5.91 Å². The third-order valence-electron chi connectivity index (χ3n) is 5.09. The molecular formula is C23H24ClN3O2. The van der Waals surface area contributed by atoms with E-state index in [2.05, 4.69) is 20.9 Å². The lowest BCUT2D eigenvalue weighted by Crippen LogP contribution is -2.46. The van der Waals surface area contributed by atoms with E-state index in [1.54, 1.807) is 20.0 Å². The molecular weight excluding hydrogens is 386 g/mol. The lowest BCUT2D eigenvalue weighted by molar-refractivity contribution is 0.0869. The molecule has 1 amide bonds. The zero-order valence-corrected chi connectivity index (χ0v) is 17.3. The van der Waals surface area contributed by atoms with E-state index in [0.717, 1.165) is 35.5 Å². The minimum Gasteiger partial charge on any atom is -0.394 e. The van der Waals surface area contributed by atoms with Gasteiger partial charge in [0.15, 0.2) is 0 Å². The molecule has 5 nitrogen and oxygen atoms in total. The molecule has 0 bridgehead atoms.